The number of anilines is 2. The molecule has 0 saturated carbocycles. The molecule has 0 radical (unpaired) electrons. The summed E-state index contributed by atoms with van der Waals surface area (Å²) in [5, 5.41) is 19.8. The quantitative estimate of drug-likeness (QED) is 0.551. The molecule has 0 aliphatic carbocycles. The maximum atomic E-state index is 12.6. The minimum Gasteiger partial charge on any atom is -0.478 e. The van der Waals surface area contributed by atoms with E-state index < -0.39 is 18.1 Å². The largest absolute Gasteiger partial charge is 0.490 e. The molecular formula is C22H22ClF3N2O5. The molecule has 1 fully saturated rings. The number of carboxylic acids is 2. The van der Waals surface area contributed by atoms with Gasteiger partial charge in [-0.1, -0.05) is 24.6 Å². The summed E-state index contributed by atoms with van der Waals surface area (Å²) in [4.78, 5) is 35.1. The summed E-state index contributed by atoms with van der Waals surface area (Å²) < 4.78 is 31.7. The lowest BCUT2D eigenvalue weighted by Crippen LogP contribution is -2.35. The van der Waals surface area contributed by atoms with Crippen LogP contribution in [0, 0.1) is 5.92 Å². The zero-order valence-corrected chi connectivity index (χ0v) is 18.3. The second kappa shape index (κ2) is 11.0. The number of rotatable bonds is 4. The molecule has 7 nitrogen and oxygen atoms in total. The van der Waals surface area contributed by atoms with Gasteiger partial charge < -0.3 is 20.4 Å². The first-order valence-electron chi connectivity index (χ1n) is 9.87. The highest BCUT2D eigenvalue weighted by atomic mass is 35.5. The average Bonchev–Trinajstić information content (AvgIpc) is 2.73. The lowest BCUT2D eigenvalue weighted by Gasteiger charge is -2.34. The van der Waals surface area contributed by atoms with Gasteiger partial charge in [-0.3, -0.25) is 4.79 Å². The van der Waals surface area contributed by atoms with Gasteiger partial charge in [0.25, 0.3) is 5.91 Å². The summed E-state index contributed by atoms with van der Waals surface area (Å²) in [6.45, 7) is 3.96. The van der Waals surface area contributed by atoms with Crippen LogP contribution in [0.5, 0.6) is 0 Å². The lowest BCUT2D eigenvalue weighted by molar-refractivity contribution is -0.192. The first-order valence-corrected chi connectivity index (χ1v) is 10.3. The molecule has 1 amide bonds. The molecule has 1 aliphatic rings. The number of benzene rings is 2. The first kappa shape index (κ1) is 26.0. The molecule has 1 saturated heterocycles. The number of alkyl halides is 3. The number of hydrogen-bond acceptors (Lipinski definition) is 4. The van der Waals surface area contributed by atoms with Crippen molar-refractivity contribution < 1.29 is 37.8 Å². The highest BCUT2D eigenvalue weighted by Gasteiger charge is 2.38. The molecule has 1 heterocycles. The number of amides is 1. The minimum absolute atomic E-state index is 0.139. The summed E-state index contributed by atoms with van der Waals surface area (Å²) in [6.07, 6.45) is -2.84. The number of halogens is 4. The Morgan fingerprint density at radius 1 is 1.09 bits per heavy atom. The van der Waals surface area contributed by atoms with Crippen molar-refractivity contribution in [1.29, 1.82) is 0 Å². The normalized spacial score (nSPS) is 15.8. The Morgan fingerprint density at radius 2 is 1.76 bits per heavy atom. The Labute approximate surface area is 192 Å². The van der Waals surface area contributed by atoms with Crippen molar-refractivity contribution in [2.75, 3.05) is 23.3 Å². The molecule has 0 bridgehead atoms. The summed E-state index contributed by atoms with van der Waals surface area (Å²) in [5.41, 5.74) is 1.91. The lowest BCUT2D eigenvalue weighted by atomic mass is 9.99. The van der Waals surface area contributed by atoms with E-state index in [2.05, 4.69) is 17.1 Å². The third-order valence-corrected chi connectivity index (χ3v) is 5.05. The van der Waals surface area contributed by atoms with E-state index in [4.69, 9.17) is 21.5 Å². The highest BCUT2D eigenvalue weighted by molar-refractivity contribution is 6.31. The molecule has 1 aliphatic heterocycles. The third kappa shape index (κ3) is 7.67. The van der Waals surface area contributed by atoms with Gasteiger partial charge in [0, 0.05) is 23.7 Å². The summed E-state index contributed by atoms with van der Waals surface area (Å²) in [5.74, 6) is -3.55. The fourth-order valence-electron chi connectivity index (χ4n) is 3.28. The van der Waals surface area contributed by atoms with Crippen molar-refractivity contribution in [1.82, 2.24) is 0 Å². The van der Waals surface area contributed by atoms with Gasteiger partial charge in [-0.25, -0.2) is 9.59 Å². The average molecular weight is 487 g/mol. The van der Waals surface area contributed by atoms with E-state index in [0.29, 0.717) is 22.2 Å². The predicted molar refractivity (Wildman–Crippen MR) is 117 cm³/mol. The number of piperidine rings is 1. The van der Waals surface area contributed by atoms with E-state index in [1.807, 2.05) is 0 Å². The smallest absolute Gasteiger partial charge is 0.478 e. The van der Waals surface area contributed by atoms with Gasteiger partial charge in [0.2, 0.25) is 0 Å². The number of carboxylic acid groups (broad SMARTS) is 2. The van der Waals surface area contributed by atoms with Gasteiger partial charge in [-0.15, -0.1) is 0 Å². The predicted octanol–water partition coefficient (Wildman–Crippen LogP) is 5.16. The Morgan fingerprint density at radius 3 is 2.30 bits per heavy atom. The van der Waals surface area contributed by atoms with Crippen LogP contribution in [-0.4, -0.2) is 47.3 Å². The summed E-state index contributed by atoms with van der Waals surface area (Å²) in [7, 11) is 0. The maximum absolute atomic E-state index is 12.6. The molecule has 2 aromatic rings. The highest BCUT2D eigenvalue weighted by Crippen LogP contribution is 2.31. The van der Waals surface area contributed by atoms with Crippen LogP contribution in [0.1, 0.15) is 40.5 Å². The number of nitrogens with one attached hydrogen (secondary N) is 1. The van der Waals surface area contributed by atoms with E-state index in [1.54, 1.807) is 36.4 Å². The van der Waals surface area contributed by atoms with Crippen LogP contribution in [0.15, 0.2) is 42.5 Å². The molecule has 0 aromatic heterocycles. The van der Waals surface area contributed by atoms with Crippen molar-refractivity contribution >= 4 is 40.8 Å². The van der Waals surface area contributed by atoms with Crippen LogP contribution < -0.4 is 10.2 Å². The molecule has 1 unspecified atom stereocenters. The number of hydrogen-bond donors (Lipinski definition) is 3. The second-order valence-electron chi connectivity index (χ2n) is 7.50. The molecular weight excluding hydrogens is 465 g/mol. The molecule has 11 heteroatoms. The number of nitrogens with zero attached hydrogens (tertiary/aromatic N) is 1. The first-order chi connectivity index (χ1) is 15.4. The second-order valence-corrected chi connectivity index (χ2v) is 7.93. The molecule has 178 valence electrons. The maximum Gasteiger partial charge on any atom is 0.490 e. The number of carbonyl (C=O) groups is 3. The fraction of sp³-hybridized carbons (Fsp3) is 0.318. The van der Waals surface area contributed by atoms with E-state index in [0.717, 1.165) is 25.2 Å². The van der Waals surface area contributed by atoms with E-state index >= 15 is 0 Å². The molecule has 1 atom stereocenters. The third-order valence-electron chi connectivity index (χ3n) is 4.82. The van der Waals surface area contributed by atoms with Crippen LogP contribution in [0.4, 0.5) is 24.5 Å². The van der Waals surface area contributed by atoms with Gasteiger partial charge >= 0.3 is 18.1 Å². The molecule has 2 aromatic carbocycles. The zero-order chi connectivity index (χ0) is 24.8. The van der Waals surface area contributed by atoms with Crippen LogP contribution in [0.25, 0.3) is 0 Å². The van der Waals surface area contributed by atoms with Gasteiger partial charge in [0.1, 0.15) is 0 Å². The van der Waals surface area contributed by atoms with Gasteiger partial charge in [-0.05, 0) is 55.2 Å². The SMILES string of the molecule is CC1CCCN(c2ccc(C(=O)O)cc2NC(=O)c2cccc(Cl)c2)C1.O=C(O)C(F)(F)F. The Balaban J connectivity index is 0.000000479. The van der Waals surface area contributed by atoms with Crippen molar-refractivity contribution in [2.24, 2.45) is 5.92 Å². The molecule has 33 heavy (non-hydrogen) atoms. The standard InChI is InChI=1S/C20H21ClN2O3.C2HF3O2/c1-13-4-3-9-23(12-13)18-8-7-15(20(25)26)11-17(18)22-19(24)14-5-2-6-16(21)10-14;3-2(4,5)1(6)7/h2,5-8,10-11,13H,3-4,9,12H2,1H3,(H,22,24)(H,25,26);(H,6,7). The number of carbonyl (C=O) groups excluding carboxylic acids is 1. The van der Waals surface area contributed by atoms with Crippen molar-refractivity contribution in [2.45, 2.75) is 25.9 Å². The molecule has 3 rings (SSSR count). The van der Waals surface area contributed by atoms with Crippen molar-refractivity contribution in [3.8, 4) is 0 Å². The number of aliphatic carboxylic acids is 1. The minimum atomic E-state index is -5.08. The van der Waals surface area contributed by atoms with Crippen LogP contribution in [0.2, 0.25) is 5.02 Å². The van der Waals surface area contributed by atoms with Crippen molar-refractivity contribution in [3.63, 3.8) is 0 Å². The zero-order valence-electron chi connectivity index (χ0n) is 17.5. The Kier molecular flexibility index (Phi) is 8.69. The van der Waals surface area contributed by atoms with Crippen LogP contribution in [0.3, 0.4) is 0 Å². The van der Waals surface area contributed by atoms with Gasteiger partial charge in [0.15, 0.2) is 0 Å². The summed E-state index contributed by atoms with van der Waals surface area (Å²) in [6, 6.07) is 11.5. The van der Waals surface area contributed by atoms with Gasteiger partial charge in [-0.2, -0.15) is 13.2 Å². The summed E-state index contributed by atoms with van der Waals surface area (Å²) >= 11 is 5.96. The van der Waals surface area contributed by atoms with Crippen molar-refractivity contribution in [3.05, 3.63) is 58.6 Å². The topological polar surface area (TPSA) is 107 Å². The monoisotopic (exact) mass is 486 g/mol. The number of aromatic carboxylic acids is 1. The van der Waals surface area contributed by atoms with E-state index in [1.165, 1.54) is 12.5 Å². The van der Waals surface area contributed by atoms with Crippen LogP contribution >= 0.6 is 11.6 Å². The van der Waals surface area contributed by atoms with Crippen LogP contribution in [-0.2, 0) is 4.79 Å². The van der Waals surface area contributed by atoms with Gasteiger partial charge in [0.05, 0.1) is 16.9 Å². The molecule has 3 N–H and O–H groups in total. The van der Waals surface area contributed by atoms with E-state index in [9.17, 15) is 27.9 Å². The Hall–Kier alpha value is -3.27. The van der Waals surface area contributed by atoms with E-state index in [-0.39, 0.29) is 11.5 Å². The fourth-order valence-corrected chi connectivity index (χ4v) is 3.47. The Bertz CT molecular complexity index is 1030. The molecule has 0 spiro atoms.